The van der Waals surface area contributed by atoms with Gasteiger partial charge in [0.15, 0.2) is 0 Å². The van der Waals surface area contributed by atoms with Gasteiger partial charge in [0.25, 0.3) is 5.91 Å². The van der Waals surface area contributed by atoms with Crippen LogP contribution in [0.5, 0.6) is 0 Å². The molecule has 2 aromatic carbocycles. The molecule has 0 aliphatic heterocycles. The van der Waals surface area contributed by atoms with Crippen LogP contribution in [0, 0.1) is 0 Å². The highest BCUT2D eigenvalue weighted by atomic mass is 35.5. The van der Waals surface area contributed by atoms with E-state index in [4.69, 9.17) is 32.7 Å². The first-order valence-corrected chi connectivity index (χ1v) is 13.8. The van der Waals surface area contributed by atoms with Crippen molar-refractivity contribution < 1.29 is 41.9 Å². The number of urea groups is 1. The van der Waals surface area contributed by atoms with Crippen molar-refractivity contribution in [1.82, 2.24) is 20.9 Å². The highest BCUT2D eigenvalue weighted by molar-refractivity contribution is 6.34. The molecular weight excluding hydrogens is 642 g/mol. The molecule has 0 aliphatic carbocycles. The summed E-state index contributed by atoms with van der Waals surface area (Å²) in [6, 6.07) is 15.1. The molecule has 3 rings (SSSR count). The van der Waals surface area contributed by atoms with Gasteiger partial charge in [-0.15, -0.1) is 0 Å². The summed E-state index contributed by atoms with van der Waals surface area (Å²) < 4.78 is 36.3. The topological polar surface area (TPSA) is 156 Å². The molecule has 240 valence electrons. The average molecular weight is 670 g/mol. The molecule has 4 N–H and O–H groups in total. The Bertz CT molecular complexity index is 1460. The van der Waals surface area contributed by atoms with E-state index in [9.17, 15) is 32.3 Å². The molecular formula is C29H28Cl2F3N5O6. The van der Waals surface area contributed by atoms with Gasteiger partial charge < -0.3 is 26.0 Å². The molecule has 0 spiro atoms. The number of hydrogen-bond donors (Lipinski definition) is 4. The third-order valence-corrected chi connectivity index (χ3v) is 5.82. The molecule has 1 aromatic heterocycles. The predicted molar refractivity (Wildman–Crippen MR) is 160 cm³/mol. The molecule has 0 aliphatic rings. The number of carbonyl (C=O) groups excluding carboxylic acids is 5. The largest absolute Gasteiger partial charge is 0.466 e. The van der Waals surface area contributed by atoms with Crippen molar-refractivity contribution in [1.29, 1.82) is 0 Å². The lowest BCUT2D eigenvalue weighted by Gasteiger charge is -2.19. The lowest BCUT2D eigenvalue weighted by molar-refractivity contribution is -0.156. The predicted octanol–water partition coefficient (Wildman–Crippen LogP) is 5.00. The van der Waals surface area contributed by atoms with Crippen molar-refractivity contribution in [2.75, 3.05) is 18.5 Å². The van der Waals surface area contributed by atoms with Crippen LogP contribution in [0.25, 0.3) is 0 Å². The Hall–Kier alpha value is -4.69. The van der Waals surface area contributed by atoms with Crippen LogP contribution in [0.4, 0.5) is 23.7 Å². The van der Waals surface area contributed by atoms with Gasteiger partial charge in [-0.3, -0.25) is 24.2 Å². The summed E-state index contributed by atoms with van der Waals surface area (Å²) in [6.45, 7) is 1.73. The average Bonchev–Trinajstić information content (AvgIpc) is 2.99. The molecule has 11 nitrogen and oxygen atoms in total. The normalized spacial score (nSPS) is 11.2. The number of nitrogens with one attached hydrogen (secondary N) is 4. The zero-order chi connectivity index (χ0) is 33.4. The summed E-state index contributed by atoms with van der Waals surface area (Å²) in [6.07, 6.45) is -4.22. The maximum absolute atomic E-state index is 12.7. The number of anilines is 1. The molecule has 16 heteroatoms. The molecule has 0 radical (unpaired) electrons. The highest BCUT2D eigenvalue weighted by Gasteiger charge is 2.25. The van der Waals surface area contributed by atoms with Crippen molar-refractivity contribution in [2.45, 2.75) is 32.1 Å². The minimum absolute atomic E-state index is 0.152. The number of rotatable bonds is 11. The van der Waals surface area contributed by atoms with Crippen molar-refractivity contribution in [3.05, 3.63) is 93.7 Å². The quantitative estimate of drug-likeness (QED) is 0.165. The molecule has 1 atom stereocenters. The van der Waals surface area contributed by atoms with E-state index in [2.05, 4.69) is 26.3 Å². The van der Waals surface area contributed by atoms with Crippen LogP contribution in [0.1, 0.15) is 41.0 Å². The molecule has 3 aromatic rings. The number of aromatic nitrogens is 1. The van der Waals surface area contributed by atoms with Gasteiger partial charge in [0.2, 0.25) is 12.2 Å². The molecule has 1 heterocycles. The minimum atomic E-state index is -4.64. The second kappa shape index (κ2) is 18.2. The fourth-order valence-electron chi connectivity index (χ4n) is 3.51. The van der Waals surface area contributed by atoms with Gasteiger partial charge in [-0.25, -0.2) is 4.79 Å². The number of nitrogens with zero attached hydrogens (tertiary/aromatic N) is 1. The van der Waals surface area contributed by atoms with E-state index in [1.165, 1.54) is 12.1 Å². The summed E-state index contributed by atoms with van der Waals surface area (Å²) in [5.74, 6) is -1.59. The number of pyridine rings is 1. The van der Waals surface area contributed by atoms with Gasteiger partial charge in [0.1, 0.15) is 0 Å². The summed E-state index contributed by atoms with van der Waals surface area (Å²) in [7, 11) is 0. The van der Waals surface area contributed by atoms with Crippen molar-refractivity contribution in [2.24, 2.45) is 0 Å². The third-order valence-electron chi connectivity index (χ3n) is 5.38. The fraction of sp³-hybridized carbons (Fsp3) is 0.241. The standard InChI is InChI=1S/C27H27Cl2N5O5.C2HF3O/c1-2-39-25(36)14-23(18-10-19(28)13-20(29)11-18)34-24(35)16-31-26(37)17-6-5-8-21(12-17)33-27(38)32-15-22-7-3-4-9-30-22;3-2(4,5)1-6/h3-13,23H,2,14-16H2,1H3,(H,31,37)(H,34,35)(H2,32,33,38);1H. The Labute approximate surface area is 265 Å². The Kier molecular flexibility index (Phi) is 14.8. The second-order valence-corrected chi connectivity index (χ2v) is 9.76. The number of carbonyl (C=O) groups is 5. The van der Waals surface area contributed by atoms with Gasteiger partial charge >= 0.3 is 18.2 Å². The molecule has 1 unspecified atom stereocenters. The van der Waals surface area contributed by atoms with Crippen molar-refractivity contribution >= 4 is 59.0 Å². The zero-order valence-electron chi connectivity index (χ0n) is 23.6. The lowest BCUT2D eigenvalue weighted by atomic mass is 10.0. The lowest BCUT2D eigenvalue weighted by Crippen LogP contribution is -2.39. The maximum Gasteiger partial charge on any atom is 0.446 e. The number of hydrogen-bond acceptors (Lipinski definition) is 7. The van der Waals surface area contributed by atoms with Crippen LogP contribution < -0.4 is 21.3 Å². The summed E-state index contributed by atoms with van der Waals surface area (Å²) in [4.78, 5) is 62.5. The van der Waals surface area contributed by atoms with Crippen molar-refractivity contribution in [3.63, 3.8) is 0 Å². The van der Waals surface area contributed by atoms with E-state index in [-0.39, 0.29) is 31.7 Å². The zero-order valence-corrected chi connectivity index (χ0v) is 25.1. The molecule has 0 fully saturated rings. The minimum Gasteiger partial charge on any atom is -0.466 e. The Morgan fingerprint density at radius 2 is 1.67 bits per heavy atom. The first-order chi connectivity index (χ1) is 21.3. The molecule has 4 amide bonds. The first kappa shape index (κ1) is 36.5. The fourth-order valence-corrected chi connectivity index (χ4v) is 4.05. The van der Waals surface area contributed by atoms with Crippen LogP contribution in [0.15, 0.2) is 66.9 Å². The summed E-state index contributed by atoms with van der Waals surface area (Å²) in [5, 5.41) is 11.2. The molecule has 0 saturated carbocycles. The number of amides is 4. The summed E-state index contributed by atoms with van der Waals surface area (Å²) in [5.41, 5.74) is 1.83. The Balaban J connectivity index is 0.00000107. The van der Waals surface area contributed by atoms with E-state index >= 15 is 0 Å². The number of halogens is 5. The van der Waals surface area contributed by atoms with E-state index in [1.54, 1.807) is 55.6 Å². The van der Waals surface area contributed by atoms with Gasteiger partial charge in [-0.1, -0.05) is 35.3 Å². The smallest absolute Gasteiger partial charge is 0.446 e. The van der Waals surface area contributed by atoms with E-state index in [0.717, 1.165) is 0 Å². The molecule has 0 saturated heterocycles. The Morgan fingerprint density at radius 1 is 0.978 bits per heavy atom. The van der Waals surface area contributed by atoms with Gasteiger partial charge in [-0.2, -0.15) is 13.2 Å². The van der Waals surface area contributed by atoms with E-state index < -0.39 is 42.3 Å². The van der Waals surface area contributed by atoms with Crippen LogP contribution in [-0.2, 0) is 25.7 Å². The highest BCUT2D eigenvalue weighted by Crippen LogP contribution is 2.26. The first-order valence-electron chi connectivity index (χ1n) is 13.1. The number of benzene rings is 2. The van der Waals surface area contributed by atoms with E-state index in [0.29, 0.717) is 27.0 Å². The molecule has 0 bridgehead atoms. The molecule has 45 heavy (non-hydrogen) atoms. The maximum atomic E-state index is 12.7. The number of esters is 1. The van der Waals surface area contributed by atoms with Gasteiger partial charge in [0.05, 0.1) is 37.9 Å². The van der Waals surface area contributed by atoms with Crippen molar-refractivity contribution in [3.8, 4) is 0 Å². The van der Waals surface area contributed by atoms with E-state index in [1.807, 2.05) is 6.07 Å². The van der Waals surface area contributed by atoms with Gasteiger partial charge in [-0.05, 0) is 61.0 Å². The third kappa shape index (κ3) is 14.6. The van der Waals surface area contributed by atoms with Crippen LogP contribution in [-0.4, -0.2) is 54.4 Å². The van der Waals surface area contributed by atoms with Gasteiger partial charge in [0, 0.05) is 27.5 Å². The monoisotopic (exact) mass is 669 g/mol. The summed E-state index contributed by atoms with van der Waals surface area (Å²) >= 11 is 12.2. The number of alkyl halides is 3. The SMILES string of the molecule is CCOC(=O)CC(NC(=O)CNC(=O)c1cccc(NC(=O)NCc2ccccn2)c1)c1cc(Cl)cc(Cl)c1.O=CC(F)(F)F. The Morgan fingerprint density at radius 3 is 2.27 bits per heavy atom. The second-order valence-electron chi connectivity index (χ2n) is 8.88. The van der Waals surface area contributed by atoms with Crippen LogP contribution in [0.3, 0.4) is 0 Å². The number of aldehydes is 1. The number of ether oxygens (including phenoxy) is 1. The van der Waals surface area contributed by atoms with Crippen LogP contribution in [0.2, 0.25) is 10.0 Å². The van der Waals surface area contributed by atoms with Crippen LogP contribution >= 0.6 is 23.2 Å².